The first-order valence-electron chi connectivity index (χ1n) is 4.20. The van der Waals surface area contributed by atoms with E-state index >= 15 is 0 Å². The number of thiol groups is 1. The Morgan fingerprint density at radius 3 is 2.50 bits per heavy atom. The average molecular weight is 217 g/mol. The number of carbonyl (C=O) groups is 3. The van der Waals surface area contributed by atoms with Crippen LogP contribution in [0.3, 0.4) is 0 Å². The van der Waals surface area contributed by atoms with Crippen LogP contribution in [0.4, 0.5) is 0 Å². The van der Waals surface area contributed by atoms with Gasteiger partial charge in [0.2, 0.25) is 0 Å². The lowest BCUT2D eigenvalue weighted by Gasteiger charge is -2.14. The van der Waals surface area contributed by atoms with E-state index in [1.54, 1.807) is 13.8 Å². The number of hydrogen-bond acceptors (Lipinski definition) is 5. The van der Waals surface area contributed by atoms with Crippen molar-refractivity contribution in [2.24, 2.45) is 5.92 Å². The third-order valence-corrected chi connectivity index (χ3v) is 2.14. The van der Waals surface area contributed by atoms with E-state index in [-0.39, 0.29) is 12.3 Å². The van der Waals surface area contributed by atoms with Crippen molar-refractivity contribution >= 4 is 30.4 Å². The molecule has 0 spiro atoms. The molecular weight excluding hydrogens is 206 g/mol. The minimum absolute atomic E-state index is 0.0205. The number of carbonyl (C=O) groups excluding carboxylic acids is 3. The molecule has 1 saturated heterocycles. The lowest BCUT2D eigenvalue weighted by atomic mass is 10.2. The number of imide groups is 1. The molecule has 5 nitrogen and oxygen atoms in total. The summed E-state index contributed by atoms with van der Waals surface area (Å²) in [5.41, 5.74) is 0. The van der Waals surface area contributed by atoms with Gasteiger partial charge in [-0.25, -0.2) is 4.79 Å². The van der Waals surface area contributed by atoms with Gasteiger partial charge in [-0.3, -0.25) is 9.59 Å². The third-order valence-electron chi connectivity index (χ3n) is 1.73. The SMILES string of the molecule is CC(C)C(=O)ON1C(=O)CC(S)C1=O. The summed E-state index contributed by atoms with van der Waals surface area (Å²) in [6.07, 6.45) is -0.0205. The second-order valence-electron chi connectivity index (χ2n) is 3.31. The van der Waals surface area contributed by atoms with Crippen molar-refractivity contribution in [1.29, 1.82) is 0 Å². The smallest absolute Gasteiger partial charge is 0.330 e. The Morgan fingerprint density at radius 2 is 2.14 bits per heavy atom. The van der Waals surface area contributed by atoms with E-state index in [0.717, 1.165) is 0 Å². The van der Waals surface area contributed by atoms with Crippen LogP contribution < -0.4 is 0 Å². The Labute approximate surface area is 86.8 Å². The van der Waals surface area contributed by atoms with E-state index < -0.39 is 23.0 Å². The van der Waals surface area contributed by atoms with Crippen molar-refractivity contribution in [1.82, 2.24) is 5.06 Å². The first kappa shape index (κ1) is 11.0. The molecule has 0 aromatic rings. The molecule has 1 aliphatic rings. The molecular formula is C8H11NO4S. The molecule has 1 unspecified atom stereocenters. The Bertz CT molecular complexity index is 289. The summed E-state index contributed by atoms with van der Waals surface area (Å²) in [4.78, 5) is 38.1. The van der Waals surface area contributed by atoms with Crippen LogP contribution in [0.1, 0.15) is 20.3 Å². The molecule has 0 radical (unpaired) electrons. The summed E-state index contributed by atoms with van der Waals surface area (Å²) in [6, 6.07) is 0. The van der Waals surface area contributed by atoms with Crippen LogP contribution in [-0.2, 0) is 19.2 Å². The maximum atomic E-state index is 11.2. The van der Waals surface area contributed by atoms with Crippen molar-refractivity contribution < 1.29 is 19.2 Å². The Hall–Kier alpha value is -1.04. The number of amides is 2. The number of rotatable bonds is 2. The highest BCUT2D eigenvalue weighted by atomic mass is 32.1. The predicted octanol–water partition coefficient (Wildman–Crippen LogP) is 0.158. The monoisotopic (exact) mass is 217 g/mol. The highest BCUT2D eigenvalue weighted by molar-refractivity contribution is 7.81. The number of hydroxylamine groups is 2. The van der Waals surface area contributed by atoms with Gasteiger partial charge < -0.3 is 4.84 Å². The molecule has 14 heavy (non-hydrogen) atoms. The summed E-state index contributed by atoms with van der Waals surface area (Å²) in [5, 5.41) is -0.192. The zero-order valence-corrected chi connectivity index (χ0v) is 8.78. The zero-order valence-electron chi connectivity index (χ0n) is 7.89. The topological polar surface area (TPSA) is 63.7 Å². The summed E-state index contributed by atoms with van der Waals surface area (Å²) >= 11 is 3.88. The fourth-order valence-corrected chi connectivity index (χ4v) is 1.15. The first-order chi connectivity index (χ1) is 6.43. The molecule has 1 aliphatic heterocycles. The van der Waals surface area contributed by atoms with Gasteiger partial charge in [0.1, 0.15) is 0 Å². The maximum absolute atomic E-state index is 11.2. The molecule has 6 heteroatoms. The summed E-state index contributed by atoms with van der Waals surface area (Å²) in [7, 11) is 0. The van der Waals surface area contributed by atoms with Gasteiger partial charge in [0.15, 0.2) is 0 Å². The molecule has 0 N–H and O–H groups in total. The lowest BCUT2D eigenvalue weighted by Crippen LogP contribution is -2.34. The van der Waals surface area contributed by atoms with Crippen molar-refractivity contribution in [3.63, 3.8) is 0 Å². The molecule has 1 atom stereocenters. The van der Waals surface area contributed by atoms with Gasteiger partial charge in [-0.05, 0) is 0 Å². The Morgan fingerprint density at radius 1 is 1.57 bits per heavy atom. The fourth-order valence-electron chi connectivity index (χ4n) is 0.885. The second-order valence-corrected chi connectivity index (χ2v) is 3.93. The highest BCUT2D eigenvalue weighted by Crippen LogP contribution is 2.18. The normalized spacial score (nSPS) is 22.0. The lowest BCUT2D eigenvalue weighted by molar-refractivity contribution is -0.199. The van der Waals surface area contributed by atoms with Gasteiger partial charge in [0.05, 0.1) is 17.6 Å². The largest absolute Gasteiger partial charge is 0.335 e. The van der Waals surface area contributed by atoms with Gasteiger partial charge in [0.25, 0.3) is 11.8 Å². The molecule has 78 valence electrons. The molecule has 1 heterocycles. The molecule has 2 amide bonds. The van der Waals surface area contributed by atoms with E-state index in [1.807, 2.05) is 0 Å². The van der Waals surface area contributed by atoms with Crippen molar-refractivity contribution in [3.05, 3.63) is 0 Å². The van der Waals surface area contributed by atoms with Crippen LogP contribution in [0, 0.1) is 5.92 Å². The molecule has 0 bridgehead atoms. The number of hydrogen-bond donors (Lipinski definition) is 1. The molecule has 0 aromatic heterocycles. The standard InChI is InChI=1S/C8H11NO4S/c1-4(2)8(12)13-9-6(10)3-5(14)7(9)11/h4-5,14H,3H2,1-2H3. The van der Waals surface area contributed by atoms with E-state index in [0.29, 0.717) is 5.06 Å². The minimum atomic E-state index is -0.692. The molecule has 0 aromatic carbocycles. The highest BCUT2D eigenvalue weighted by Gasteiger charge is 2.39. The average Bonchev–Trinajstić information content (AvgIpc) is 2.32. The van der Waals surface area contributed by atoms with E-state index in [4.69, 9.17) is 0 Å². The molecule has 0 aliphatic carbocycles. The fraction of sp³-hybridized carbons (Fsp3) is 0.625. The van der Waals surface area contributed by atoms with Gasteiger partial charge in [-0.15, -0.1) is 5.06 Å². The van der Waals surface area contributed by atoms with E-state index in [2.05, 4.69) is 17.5 Å². The predicted molar refractivity (Wildman–Crippen MR) is 50.2 cm³/mol. The maximum Gasteiger partial charge on any atom is 0.335 e. The van der Waals surface area contributed by atoms with Gasteiger partial charge >= 0.3 is 5.97 Å². The van der Waals surface area contributed by atoms with Gasteiger partial charge in [-0.1, -0.05) is 13.8 Å². The first-order valence-corrected chi connectivity index (χ1v) is 4.71. The molecule has 0 saturated carbocycles. The summed E-state index contributed by atoms with van der Waals surface area (Å²) in [6.45, 7) is 3.23. The van der Waals surface area contributed by atoms with Gasteiger partial charge in [0, 0.05) is 0 Å². The van der Waals surface area contributed by atoms with Crippen LogP contribution in [-0.4, -0.2) is 28.1 Å². The quantitative estimate of drug-likeness (QED) is 0.528. The van der Waals surface area contributed by atoms with Gasteiger partial charge in [-0.2, -0.15) is 12.6 Å². The van der Waals surface area contributed by atoms with E-state index in [9.17, 15) is 14.4 Å². The third kappa shape index (κ3) is 2.06. The molecule has 1 fully saturated rings. The van der Waals surface area contributed by atoms with Crippen LogP contribution >= 0.6 is 12.6 Å². The van der Waals surface area contributed by atoms with Crippen LogP contribution in [0.15, 0.2) is 0 Å². The molecule has 1 rings (SSSR count). The van der Waals surface area contributed by atoms with Crippen molar-refractivity contribution in [2.75, 3.05) is 0 Å². The minimum Gasteiger partial charge on any atom is -0.330 e. The van der Waals surface area contributed by atoms with Crippen LogP contribution in [0.5, 0.6) is 0 Å². The second kappa shape index (κ2) is 4.00. The van der Waals surface area contributed by atoms with Crippen LogP contribution in [0.2, 0.25) is 0 Å². The number of nitrogens with zero attached hydrogens (tertiary/aromatic N) is 1. The zero-order chi connectivity index (χ0) is 10.9. The Kier molecular flexibility index (Phi) is 3.15. The Balaban J connectivity index is 2.65. The van der Waals surface area contributed by atoms with Crippen molar-refractivity contribution in [3.8, 4) is 0 Å². The van der Waals surface area contributed by atoms with E-state index in [1.165, 1.54) is 0 Å². The summed E-state index contributed by atoms with van der Waals surface area (Å²) < 4.78 is 0. The summed E-state index contributed by atoms with van der Waals surface area (Å²) in [5.74, 6) is -2.08. The van der Waals surface area contributed by atoms with Crippen molar-refractivity contribution in [2.45, 2.75) is 25.5 Å². The van der Waals surface area contributed by atoms with Crippen LogP contribution in [0.25, 0.3) is 0 Å².